The predicted molar refractivity (Wildman–Crippen MR) is 146 cm³/mol. The molecule has 2 aliphatic heterocycles. The molecular weight excluding hydrogens is 488 g/mol. The first-order chi connectivity index (χ1) is 17.9. The Hall–Kier alpha value is -2.10. The summed E-state index contributed by atoms with van der Waals surface area (Å²) >= 11 is 6.17. The van der Waals surface area contributed by atoms with Gasteiger partial charge in [-0.05, 0) is 43.9 Å². The van der Waals surface area contributed by atoms with Gasteiger partial charge in [0.05, 0.1) is 23.9 Å². The Labute approximate surface area is 225 Å². The maximum atomic E-state index is 12.6. The minimum absolute atomic E-state index is 0.00741. The topological polar surface area (TPSA) is 76.0 Å². The van der Waals surface area contributed by atoms with Gasteiger partial charge in [0.2, 0.25) is 0 Å². The summed E-state index contributed by atoms with van der Waals surface area (Å²) in [6, 6.07) is 8.27. The van der Waals surface area contributed by atoms with E-state index in [1.165, 1.54) is 0 Å². The van der Waals surface area contributed by atoms with Crippen LogP contribution in [0, 0.1) is 0 Å². The van der Waals surface area contributed by atoms with Gasteiger partial charge in [0, 0.05) is 69.0 Å². The number of fused-ring (bicyclic) bond motifs is 1. The van der Waals surface area contributed by atoms with Crippen molar-refractivity contribution in [3.63, 3.8) is 0 Å². The third-order valence-electron chi connectivity index (χ3n) is 8.44. The van der Waals surface area contributed by atoms with Gasteiger partial charge in [-0.15, -0.1) is 0 Å². The Morgan fingerprint density at radius 1 is 0.946 bits per heavy atom. The Balaban J connectivity index is 1.37. The molecule has 2 aromatic rings. The van der Waals surface area contributed by atoms with Crippen LogP contribution in [0.5, 0.6) is 0 Å². The van der Waals surface area contributed by atoms with E-state index < -0.39 is 6.10 Å². The van der Waals surface area contributed by atoms with Crippen molar-refractivity contribution in [2.24, 2.45) is 0 Å². The van der Waals surface area contributed by atoms with Crippen molar-refractivity contribution in [1.29, 1.82) is 0 Å². The van der Waals surface area contributed by atoms with E-state index in [4.69, 9.17) is 11.6 Å². The summed E-state index contributed by atoms with van der Waals surface area (Å²) in [7, 11) is 0. The highest BCUT2D eigenvalue weighted by molar-refractivity contribution is 6.30. The number of carbonyl (C=O) groups excluding carboxylic acids is 1. The fourth-order valence-electron chi connectivity index (χ4n) is 6.36. The molecule has 1 N–H and O–H groups in total. The molecule has 37 heavy (non-hydrogen) atoms. The number of halogens is 1. The van der Waals surface area contributed by atoms with Crippen molar-refractivity contribution in [3.05, 3.63) is 52.4 Å². The number of anilines is 1. The molecule has 1 aromatic heterocycles. The van der Waals surface area contributed by atoms with E-state index >= 15 is 0 Å². The van der Waals surface area contributed by atoms with E-state index in [2.05, 4.69) is 50.3 Å². The summed E-state index contributed by atoms with van der Waals surface area (Å²) < 4.78 is 0. The van der Waals surface area contributed by atoms with Gasteiger partial charge < -0.3 is 14.8 Å². The summed E-state index contributed by atoms with van der Waals surface area (Å²) in [5.41, 5.74) is 2.89. The Morgan fingerprint density at radius 3 is 2.14 bits per heavy atom. The molecule has 0 spiro atoms. The maximum Gasteiger partial charge on any atom is 0.135 e. The highest BCUT2D eigenvalue weighted by Crippen LogP contribution is 2.43. The maximum absolute atomic E-state index is 12.6. The van der Waals surface area contributed by atoms with Crippen LogP contribution >= 0.6 is 11.6 Å². The average Bonchev–Trinajstić information content (AvgIpc) is 3.21. The minimum atomic E-state index is -0.505. The average molecular weight is 527 g/mol. The standard InChI is InChI=1S/C28H39ClN6O2/c1-19(2)32-8-12-34(13-9-32)28(23(17-36)21-4-6-22(29)7-5-21)35-14-10-33(11-15-35)27-25-20(3)16-24(37)26(25)30-18-31-27/h4-7,17-20,23-24,28,37H,8-16H2,1-3H3/t20-,23?,24-,28?/m1/s1. The lowest BCUT2D eigenvalue weighted by Gasteiger charge is -2.49. The molecular formula is C28H39ClN6O2. The van der Waals surface area contributed by atoms with E-state index in [0.717, 1.165) is 81.3 Å². The molecule has 8 nitrogen and oxygen atoms in total. The number of aldehydes is 1. The molecule has 200 valence electrons. The Kier molecular flexibility index (Phi) is 8.12. The zero-order valence-electron chi connectivity index (χ0n) is 22.1. The molecule has 9 heteroatoms. The smallest absolute Gasteiger partial charge is 0.135 e. The first-order valence-corrected chi connectivity index (χ1v) is 14.0. The number of rotatable bonds is 7. The lowest BCUT2D eigenvalue weighted by molar-refractivity contribution is -0.114. The number of aliphatic hydroxyl groups is 1. The molecule has 1 aliphatic carbocycles. The van der Waals surface area contributed by atoms with Gasteiger partial charge in [0.25, 0.3) is 0 Å². The summed E-state index contributed by atoms with van der Waals surface area (Å²) in [6.07, 6.45) is 2.90. The van der Waals surface area contributed by atoms with Crippen molar-refractivity contribution in [2.45, 2.75) is 57.3 Å². The van der Waals surface area contributed by atoms with Gasteiger partial charge in [-0.3, -0.25) is 14.7 Å². The molecule has 2 fully saturated rings. The van der Waals surface area contributed by atoms with Gasteiger partial charge in [-0.2, -0.15) is 0 Å². The van der Waals surface area contributed by atoms with Gasteiger partial charge in [0.1, 0.15) is 18.4 Å². The summed E-state index contributed by atoms with van der Waals surface area (Å²) in [5, 5.41) is 11.1. The second kappa shape index (κ2) is 11.3. The molecule has 3 aliphatic rings. The van der Waals surface area contributed by atoms with Crippen LogP contribution in [0.2, 0.25) is 5.02 Å². The Morgan fingerprint density at radius 2 is 1.54 bits per heavy atom. The fourth-order valence-corrected chi connectivity index (χ4v) is 6.49. The van der Waals surface area contributed by atoms with Crippen LogP contribution in [-0.2, 0) is 4.79 Å². The molecule has 0 amide bonds. The van der Waals surface area contributed by atoms with Crippen LogP contribution in [-0.4, -0.2) is 101 Å². The van der Waals surface area contributed by atoms with Crippen molar-refractivity contribution in [1.82, 2.24) is 24.7 Å². The minimum Gasteiger partial charge on any atom is -0.387 e. The van der Waals surface area contributed by atoms with Crippen molar-refractivity contribution in [3.8, 4) is 0 Å². The van der Waals surface area contributed by atoms with Gasteiger partial charge in [-0.25, -0.2) is 9.97 Å². The van der Waals surface area contributed by atoms with Crippen LogP contribution in [0.4, 0.5) is 5.82 Å². The highest BCUT2D eigenvalue weighted by atomic mass is 35.5. The van der Waals surface area contributed by atoms with Crippen LogP contribution in [0.3, 0.4) is 0 Å². The molecule has 0 bridgehead atoms. The first-order valence-electron chi connectivity index (χ1n) is 13.6. The zero-order valence-corrected chi connectivity index (χ0v) is 22.9. The predicted octanol–water partition coefficient (Wildman–Crippen LogP) is 3.13. The number of hydrogen-bond donors (Lipinski definition) is 1. The SMILES string of the molecule is CC(C)N1CCN(C(C(C=O)c2ccc(Cl)cc2)N2CCN(c3ncnc4c3[C@H](C)C[C@H]4O)CC2)CC1. The quantitative estimate of drug-likeness (QED) is 0.551. The van der Waals surface area contributed by atoms with Gasteiger partial charge in [-0.1, -0.05) is 30.7 Å². The van der Waals surface area contributed by atoms with Crippen molar-refractivity contribution in [2.75, 3.05) is 57.3 Å². The van der Waals surface area contributed by atoms with E-state index in [9.17, 15) is 9.90 Å². The molecule has 2 saturated heterocycles. The molecule has 0 radical (unpaired) electrons. The highest BCUT2D eigenvalue weighted by Gasteiger charge is 2.38. The van der Waals surface area contributed by atoms with E-state index in [1.54, 1.807) is 6.33 Å². The van der Waals surface area contributed by atoms with Gasteiger partial charge >= 0.3 is 0 Å². The summed E-state index contributed by atoms with van der Waals surface area (Å²) in [4.78, 5) is 31.5. The largest absolute Gasteiger partial charge is 0.387 e. The molecule has 4 atom stereocenters. The zero-order chi connectivity index (χ0) is 26.1. The normalized spacial score (nSPS) is 25.3. The molecule has 2 unspecified atom stereocenters. The number of carbonyl (C=O) groups is 1. The fraction of sp³-hybridized carbons (Fsp3) is 0.607. The molecule has 0 saturated carbocycles. The third-order valence-corrected chi connectivity index (χ3v) is 8.69. The Bertz CT molecular complexity index is 1070. The second-order valence-electron chi connectivity index (χ2n) is 11.0. The molecule has 3 heterocycles. The monoisotopic (exact) mass is 526 g/mol. The van der Waals surface area contributed by atoms with Crippen LogP contribution in [0.25, 0.3) is 0 Å². The number of aromatic nitrogens is 2. The summed E-state index contributed by atoms with van der Waals surface area (Å²) in [6.45, 7) is 13.8. The second-order valence-corrected chi connectivity index (χ2v) is 11.4. The number of benzene rings is 1. The lowest BCUT2D eigenvalue weighted by Crippen LogP contribution is -2.62. The van der Waals surface area contributed by atoms with E-state index in [-0.39, 0.29) is 18.0 Å². The van der Waals surface area contributed by atoms with Crippen LogP contribution in [0.15, 0.2) is 30.6 Å². The number of nitrogens with zero attached hydrogens (tertiary/aromatic N) is 6. The van der Waals surface area contributed by atoms with Crippen molar-refractivity contribution < 1.29 is 9.90 Å². The van der Waals surface area contributed by atoms with Gasteiger partial charge in [0.15, 0.2) is 0 Å². The third kappa shape index (κ3) is 5.40. The van der Waals surface area contributed by atoms with E-state index in [0.29, 0.717) is 17.5 Å². The number of piperazine rings is 2. The number of aliphatic hydroxyl groups excluding tert-OH is 1. The van der Waals surface area contributed by atoms with Crippen LogP contribution in [0.1, 0.15) is 62.0 Å². The molecule has 5 rings (SSSR count). The first kappa shape index (κ1) is 26.5. The van der Waals surface area contributed by atoms with Crippen molar-refractivity contribution >= 4 is 23.7 Å². The van der Waals surface area contributed by atoms with Crippen LogP contribution < -0.4 is 4.90 Å². The summed E-state index contributed by atoms with van der Waals surface area (Å²) in [5.74, 6) is 0.946. The molecule has 1 aromatic carbocycles. The van der Waals surface area contributed by atoms with E-state index in [1.807, 2.05) is 24.3 Å². The lowest BCUT2D eigenvalue weighted by atomic mass is 9.94. The number of hydrogen-bond acceptors (Lipinski definition) is 8.